The van der Waals surface area contributed by atoms with Gasteiger partial charge in [-0.15, -0.1) is 0 Å². The first-order chi connectivity index (χ1) is 17.5. The van der Waals surface area contributed by atoms with Crippen molar-refractivity contribution >= 4 is 29.1 Å². The molecule has 0 unspecified atom stereocenters. The van der Waals surface area contributed by atoms with E-state index in [9.17, 15) is 9.59 Å². The maximum atomic E-state index is 13.9. The van der Waals surface area contributed by atoms with Crippen molar-refractivity contribution < 1.29 is 19.1 Å². The van der Waals surface area contributed by atoms with Crippen molar-refractivity contribution in [3.63, 3.8) is 0 Å². The van der Waals surface area contributed by atoms with Gasteiger partial charge in [0.05, 0.1) is 20.4 Å². The fourth-order valence-corrected chi connectivity index (χ4v) is 4.61. The molecule has 188 valence electrons. The molecule has 1 fully saturated rings. The topological polar surface area (TPSA) is 93.7 Å². The van der Waals surface area contributed by atoms with E-state index in [1.807, 2.05) is 0 Å². The summed E-state index contributed by atoms with van der Waals surface area (Å²) < 4.78 is 10.9. The summed E-state index contributed by atoms with van der Waals surface area (Å²) in [7, 11) is 3.05. The van der Waals surface area contributed by atoms with Gasteiger partial charge in [0.25, 0.3) is 5.91 Å². The van der Waals surface area contributed by atoms with Crippen molar-refractivity contribution in [3.8, 4) is 11.5 Å². The van der Waals surface area contributed by atoms with Gasteiger partial charge in [-0.25, -0.2) is 4.98 Å². The molecule has 0 aliphatic heterocycles. The van der Waals surface area contributed by atoms with Crippen molar-refractivity contribution in [1.29, 1.82) is 0 Å². The van der Waals surface area contributed by atoms with Crippen LogP contribution in [0.15, 0.2) is 61.1 Å². The third kappa shape index (κ3) is 5.76. The highest BCUT2D eigenvalue weighted by Gasteiger charge is 2.35. The number of aromatic nitrogens is 2. The number of methoxy groups -OCH3 is 2. The first-order valence-electron chi connectivity index (χ1n) is 11.9. The van der Waals surface area contributed by atoms with Gasteiger partial charge in [-0.3, -0.25) is 19.5 Å². The number of ether oxygens (including phenoxy) is 2. The molecule has 9 heteroatoms. The molecule has 3 aromatic rings. The first-order valence-corrected chi connectivity index (χ1v) is 12.3. The molecule has 2 amide bonds. The van der Waals surface area contributed by atoms with Gasteiger partial charge in [-0.2, -0.15) is 0 Å². The number of nitrogens with zero attached hydrogens (tertiary/aromatic N) is 3. The van der Waals surface area contributed by atoms with E-state index in [1.165, 1.54) is 37.7 Å². The summed E-state index contributed by atoms with van der Waals surface area (Å²) in [6, 6.07) is 11.1. The molecule has 1 aromatic heterocycles. The highest BCUT2D eigenvalue weighted by molar-refractivity contribution is 6.30. The lowest BCUT2D eigenvalue weighted by atomic mass is 9.94. The Labute approximate surface area is 215 Å². The van der Waals surface area contributed by atoms with Crippen LogP contribution in [0.3, 0.4) is 0 Å². The van der Waals surface area contributed by atoms with Gasteiger partial charge in [0.1, 0.15) is 11.7 Å². The van der Waals surface area contributed by atoms with Gasteiger partial charge in [0.2, 0.25) is 5.91 Å². The monoisotopic (exact) mass is 508 g/mol. The van der Waals surface area contributed by atoms with Gasteiger partial charge in [0.15, 0.2) is 11.5 Å². The molecule has 0 bridgehead atoms. The van der Waals surface area contributed by atoms with Crippen LogP contribution in [-0.2, 0) is 4.79 Å². The van der Waals surface area contributed by atoms with E-state index in [-0.39, 0.29) is 17.6 Å². The lowest BCUT2D eigenvalue weighted by molar-refractivity contribution is -0.123. The van der Waals surface area contributed by atoms with Crippen LogP contribution in [0, 0.1) is 0 Å². The number of nitrogens with one attached hydrogen (secondary N) is 1. The Bertz CT molecular complexity index is 1180. The molecular weight excluding hydrogens is 480 g/mol. The number of benzene rings is 2. The molecule has 1 aliphatic carbocycles. The number of halogens is 1. The van der Waals surface area contributed by atoms with E-state index in [2.05, 4.69) is 15.3 Å². The molecule has 1 heterocycles. The van der Waals surface area contributed by atoms with Gasteiger partial charge < -0.3 is 14.8 Å². The highest BCUT2D eigenvalue weighted by atomic mass is 35.5. The Morgan fingerprint density at radius 2 is 1.72 bits per heavy atom. The molecule has 1 saturated carbocycles. The Morgan fingerprint density at radius 1 is 1.00 bits per heavy atom. The molecule has 1 aliphatic rings. The lowest BCUT2D eigenvalue weighted by Gasteiger charge is -2.33. The average Bonchev–Trinajstić information content (AvgIpc) is 2.92. The minimum absolute atomic E-state index is 0.0555. The third-order valence-corrected chi connectivity index (χ3v) is 6.54. The van der Waals surface area contributed by atoms with Crippen molar-refractivity contribution in [2.24, 2.45) is 0 Å². The zero-order chi connectivity index (χ0) is 25.5. The molecule has 36 heavy (non-hydrogen) atoms. The van der Waals surface area contributed by atoms with Crippen LogP contribution >= 0.6 is 11.6 Å². The summed E-state index contributed by atoms with van der Waals surface area (Å²) in [6.07, 6.45) is 9.43. The highest BCUT2D eigenvalue weighted by Crippen LogP contribution is 2.36. The van der Waals surface area contributed by atoms with Gasteiger partial charge in [-0.05, 0) is 42.7 Å². The second-order valence-electron chi connectivity index (χ2n) is 8.60. The quantitative estimate of drug-likeness (QED) is 0.461. The standard InChI is InChI=1S/C27H29ClN4O4/c1-35-23-13-12-21(16-24(23)36-2)32(27(34)22-17-29-14-15-30-22)25(18-8-10-19(28)11-9-18)26(33)31-20-6-4-3-5-7-20/h8-17,20,25H,3-7H2,1-2H3,(H,31,33)/t25-/m1/s1. The SMILES string of the molecule is COc1ccc(N(C(=O)c2cnccn2)[C@@H](C(=O)NC2CCCCC2)c2ccc(Cl)cc2)cc1OC. The van der Waals surface area contributed by atoms with Crippen molar-refractivity contribution in [2.45, 2.75) is 44.2 Å². The van der Waals surface area contributed by atoms with E-state index in [1.54, 1.807) is 42.5 Å². The molecule has 2 aromatic carbocycles. The molecule has 0 radical (unpaired) electrons. The van der Waals surface area contributed by atoms with Crippen molar-refractivity contribution in [2.75, 3.05) is 19.1 Å². The number of carbonyl (C=O) groups is 2. The van der Waals surface area contributed by atoms with E-state index in [4.69, 9.17) is 21.1 Å². The lowest BCUT2D eigenvalue weighted by Crippen LogP contribution is -2.47. The summed E-state index contributed by atoms with van der Waals surface area (Å²) in [4.78, 5) is 37.5. The Morgan fingerprint density at radius 3 is 2.36 bits per heavy atom. The van der Waals surface area contributed by atoms with Crippen LogP contribution in [0.1, 0.15) is 54.2 Å². The molecule has 0 spiro atoms. The predicted molar refractivity (Wildman–Crippen MR) is 138 cm³/mol. The zero-order valence-corrected chi connectivity index (χ0v) is 21.1. The Balaban J connectivity index is 1.84. The van der Waals surface area contributed by atoms with E-state index in [0.717, 1.165) is 32.1 Å². The number of amides is 2. The van der Waals surface area contributed by atoms with E-state index in [0.29, 0.717) is 27.8 Å². The second-order valence-corrected chi connectivity index (χ2v) is 9.04. The summed E-state index contributed by atoms with van der Waals surface area (Å²) >= 11 is 6.15. The number of rotatable bonds is 8. The van der Waals surface area contributed by atoms with E-state index < -0.39 is 11.9 Å². The average molecular weight is 509 g/mol. The maximum absolute atomic E-state index is 13.9. The summed E-state index contributed by atoms with van der Waals surface area (Å²) in [6.45, 7) is 0. The normalized spacial score (nSPS) is 14.5. The molecule has 1 atom stereocenters. The Kier molecular flexibility index (Phi) is 8.38. The number of carbonyl (C=O) groups excluding carboxylic acids is 2. The van der Waals surface area contributed by atoms with E-state index >= 15 is 0 Å². The predicted octanol–water partition coefficient (Wildman–Crippen LogP) is 4.98. The summed E-state index contributed by atoms with van der Waals surface area (Å²) in [5.74, 6) is 0.169. The molecule has 4 rings (SSSR count). The fraction of sp³-hybridized carbons (Fsp3) is 0.333. The van der Waals surface area contributed by atoms with Crippen LogP contribution < -0.4 is 19.7 Å². The molecular formula is C27H29ClN4O4. The van der Waals surface area contributed by atoms with Crippen molar-refractivity contribution in [3.05, 3.63) is 77.3 Å². The number of hydrogen-bond acceptors (Lipinski definition) is 6. The number of anilines is 1. The summed E-state index contributed by atoms with van der Waals surface area (Å²) in [5.41, 5.74) is 1.17. The summed E-state index contributed by atoms with van der Waals surface area (Å²) in [5, 5.41) is 3.71. The van der Waals surface area contributed by atoms with Crippen LogP contribution in [0.25, 0.3) is 0 Å². The first kappa shape index (κ1) is 25.4. The molecule has 1 N–H and O–H groups in total. The minimum atomic E-state index is -0.989. The zero-order valence-electron chi connectivity index (χ0n) is 20.3. The smallest absolute Gasteiger partial charge is 0.279 e. The second kappa shape index (κ2) is 11.9. The van der Waals surface area contributed by atoms with Crippen LogP contribution in [0.4, 0.5) is 5.69 Å². The third-order valence-electron chi connectivity index (χ3n) is 6.29. The largest absolute Gasteiger partial charge is 0.493 e. The van der Waals surface area contributed by atoms with Crippen LogP contribution in [0.2, 0.25) is 5.02 Å². The number of hydrogen-bond donors (Lipinski definition) is 1. The Hall–Kier alpha value is -3.65. The maximum Gasteiger partial charge on any atom is 0.279 e. The van der Waals surface area contributed by atoms with Gasteiger partial charge >= 0.3 is 0 Å². The fourth-order valence-electron chi connectivity index (χ4n) is 4.48. The molecule has 0 saturated heterocycles. The van der Waals surface area contributed by atoms with Crippen LogP contribution in [0.5, 0.6) is 11.5 Å². The van der Waals surface area contributed by atoms with Crippen molar-refractivity contribution in [1.82, 2.24) is 15.3 Å². The molecule has 8 nitrogen and oxygen atoms in total. The van der Waals surface area contributed by atoms with Crippen LogP contribution in [-0.4, -0.2) is 42.0 Å². The van der Waals surface area contributed by atoms with Gasteiger partial charge in [-0.1, -0.05) is 43.0 Å². The minimum Gasteiger partial charge on any atom is -0.493 e. The van der Waals surface area contributed by atoms with Gasteiger partial charge in [0, 0.05) is 35.2 Å².